The lowest BCUT2D eigenvalue weighted by Crippen LogP contribution is -2.48. The molecule has 0 saturated heterocycles. The van der Waals surface area contributed by atoms with Gasteiger partial charge < -0.3 is 0 Å². The maximum absolute atomic E-state index is 12.1. The maximum atomic E-state index is 12.1. The van der Waals surface area contributed by atoms with Crippen LogP contribution in [-0.4, -0.2) is 11.6 Å². The molecule has 2 atom stereocenters. The Morgan fingerprint density at radius 2 is 2.29 bits per heavy atom. The minimum atomic E-state index is -0.668. The van der Waals surface area contributed by atoms with Crippen molar-refractivity contribution in [3.63, 3.8) is 0 Å². The van der Waals surface area contributed by atoms with E-state index in [1.807, 2.05) is 0 Å². The Morgan fingerprint density at radius 1 is 1.57 bits per heavy atom. The lowest BCUT2D eigenvalue weighted by molar-refractivity contribution is -0.147. The van der Waals surface area contributed by atoms with Gasteiger partial charge in [0.2, 0.25) is 0 Å². The number of Topliss-reactive ketones (excluding diaryl/α,β-unsaturated/α-hetero) is 2. The van der Waals surface area contributed by atoms with Crippen LogP contribution in [0.5, 0.6) is 0 Å². The van der Waals surface area contributed by atoms with Gasteiger partial charge in [-0.3, -0.25) is 9.59 Å². The minimum absolute atomic E-state index is 0.0491. The van der Waals surface area contributed by atoms with Crippen molar-refractivity contribution >= 4 is 11.6 Å². The van der Waals surface area contributed by atoms with Crippen LogP contribution >= 0.6 is 0 Å². The summed E-state index contributed by atoms with van der Waals surface area (Å²) in [5.41, 5.74) is 0.419. The van der Waals surface area contributed by atoms with Crippen LogP contribution in [0, 0.1) is 11.3 Å². The van der Waals surface area contributed by atoms with Crippen molar-refractivity contribution in [3.05, 3.63) is 12.2 Å². The maximum Gasteiger partial charge on any atom is 0.150 e. The van der Waals surface area contributed by atoms with Gasteiger partial charge in [0.05, 0.1) is 5.41 Å². The molecule has 0 N–H and O–H groups in total. The molecule has 2 fully saturated rings. The zero-order valence-electron chi connectivity index (χ0n) is 8.64. The van der Waals surface area contributed by atoms with Gasteiger partial charge in [-0.05, 0) is 32.6 Å². The van der Waals surface area contributed by atoms with E-state index in [0.29, 0.717) is 6.42 Å². The summed E-state index contributed by atoms with van der Waals surface area (Å²) in [7, 11) is 0. The Labute approximate surface area is 84.4 Å². The summed E-state index contributed by atoms with van der Waals surface area (Å²) in [5, 5.41) is 0. The molecule has 2 aliphatic rings. The molecule has 0 heterocycles. The lowest BCUT2D eigenvalue weighted by Gasteiger charge is -2.42. The molecular weight excluding hydrogens is 176 g/mol. The highest BCUT2D eigenvalue weighted by Gasteiger charge is 2.51. The molecule has 2 bridgehead atoms. The van der Waals surface area contributed by atoms with Gasteiger partial charge in [-0.1, -0.05) is 18.6 Å². The normalized spacial score (nSPS) is 37.1. The first-order chi connectivity index (χ1) is 6.56. The van der Waals surface area contributed by atoms with Crippen LogP contribution in [0.2, 0.25) is 0 Å². The van der Waals surface area contributed by atoms with Crippen LogP contribution in [0.3, 0.4) is 0 Å². The van der Waals surface area contributed by atoms with Gasteiger partial charge >= 0.3 is 0 Å². The summed E-state index contributed by atoms with van der Waals surface area (Å²) in [6, 6.07) is 0. The Morgan fingerprint density at radius 3 is 2.93 bits per heavy atom. The van der Waals surface area contributed by atoms with Gasteiger partial charge in [0.1, 0.15) is 11.6 Å². The SMILES string of the molecule is C=C1CC2CCCC(C(C)=O)(C1)C2=O. The first-order valence-corrected chi connectivity index (χ1v) is 5.28. The largest absolute Gasteiger partial charge is 0.299 e. The second-order valence-electron chi connectivity index (χ2n) is 4.72. The highest BCUT2D eigenvalue weighted by Crippen LogP contribution is 2.48. The first-order valence-electron chi connectivity index (χ1n) is 5.28. The van der Waals surface area contributed by atoms with Crippen molar-refractivity contribution in [2.24, 2.45) is 11.3 Å². The van der Waals surface area contributed by atoms with Gasteiger partial charge in [0.15, 0.2) is 0 Å². The molecule has 0 aromatic heterocycles. The van der Waals surface area contributed by atoms with Gasteiger partial charge in [0.25, 0.3) is 0 Å². The third-order valence-electron chi connectivity index (χ3n) is 3.76. The molecule has 0 aliphatic heterocycles. The Balaban J connectivity index is 2.40. The molecule has 0 aromatic carbocycles. The van der Waals surface area contributed by atoms with Gasteiger partial charge in [-0.2, -0.15) is 0 Å². The molecule has 76 valence electrons. The summed E-state index contributed by atoms with van der Waals surface area (Å²) < 4.78 is 0. The van der Waals surface area contributed by atoms with Gasteiger partial charge in [0, 0.05) is 5.92 Å². The number of hydrogen-bond donors (Lipinski definition) is 0. The quantitative estimate of drug-likeness (QED) is 0.472. The molecule has 2 nitrogen and oxygen atoms in total. The topological polar surface area (TPSA) is 34.1 Å². The monoisotopic (exact) mass is 192 g/mol. The molecule has 2 aliphatic carbocycles. The zero-order valence-corrected chi connectivity index (χ0v) is 8.64. The average Bonchev–Trinajstić information content (AvgIpc) is 2.07. The number of fused-ring (bicyclic) bond motifs is 2. The molecule has 2 heteroatoms. The number of carbonyl (C=O) groups excluding carboxylic acids is 2. The van der Waals surface area contributed by atoms with E-state index in [1.54, 1.807) is 6.92 Å². The smallest absolute Gasteiger partial charge is 0.150 e. The van der Waals surface area contributed by atoms with E-state index in [1.165, 1.54) is 0 Å². The molecule has 2 saturated carbocycles. The summed E-state index contributed by atoms with van der Waals surface area (Å²) in [6.07, 6.45) is 4.14. The van der Waals surface area contributed by atoms with Gasteiger partial charge in [-0.25, -0.2) is 0 Å². The van der Waals surface area contributed by atoms with Crippen molar-refractivity contribution in [3.8, 4) is 0 Å². The molecular formula is C12H16O2. The first kappa shape index (κ1) is 9.63. The van der Waals surface area contributed by atoms with E-state index < -0.39 is 5.41 Å². The third-order valence-corrected chi connectivity index (χ3v) is 3.76. The van der Waals surface area contributed by atoms with Crippen LogP contribution in [0.4, 0.5) is 0 Å². The molecule has 0 amide bonds. The summed E-state index contributed by atoms with van der Waals surface area (Å²) in [4.78, 5) is 23.7. The summed E-state index contributed by atoms with van der Waals surface area (Å²) in [6.45, 7) is 5.51. The third kappa shape index (κ3) is 1.17. The van der Waals surface area contributed by atoms with E-state index in [-0.39, 0.29) is 17.5 Å². The Kier molecular flexibility index (Phi) is 2.09. The number of allylic oxidation sites excluding steroid dienone is 1. The Bertz CT molecular complexity index is 316. The second kappa shape index (κ2) is 3.04. The van der Waals surface area contributed by atoms with E-state index in [0.717, 1.165) is 31.3 Å². The molecule has 14 heavy (non-hydrogen) atoms. The molecule has 2 rings (SSSR count). The van der Waals surface area contributed by atoms with Crippen molar-refractivity contribution in [2.75, 3.05) is 0 Å². The number of carbonyl (C=O) groups is 2. The van der Waals surface area contributed by atoms with E-state index >= 15 is 0 Å². The lowest BCUT2D eigenvalue weighted by atomic mass is 9.58. The van der Waals surface area contributed by atoms with Crippen molar-refractivity contribution in [1.82, 2.24) is 0 Å². The number of ketones is 2. The highest BCUT2D eigenvalue weighted by molar-refractivity contribution is 6.08. The average molecular weight is 192 g/mol. The fourth-order valence-electron chi connectivity index (χ4n) is 2.99. The van der Waals surface area contributed by atoms with Crippen molar-refractivity contribution in [2.45, 2.75) is 39.0 Å². The van der Waals surface area contributed by atoms with Gasteiger partial charge in [-0.15, -0.1) is 0 Å². The summed E-state index contributed by atoms with van der Waals surface area (Å²) >= 11 is 0. The van der Waals surface area contributed by atoms with Crippen LogP contribution in [0.25, 0.3) is 0 Å². The zero-order chi connectivity index (χ0) is 10.3. The molecule has 0 aromatic rings. The Hall–Kier alpha value is -0.920. The predicted octanol–water partition coefficient (Wildman–Crippen LogP) is 2.28. The van der Waals surface area contributed by atoms with Crippen LogP contribution in [-0.2, 0) is 9.59 Å². The fourth-order valence-corrected chi connectivity index (χ4v) is 2.99. The van der Waals surface area contributed by atoms with E-state index in [2.05, 4.69) is 6.58 Å². The van der Waals surface area contributed by atoms with E-state index in [9.17, 15) is 9.59 Å². The van der Waals surface area contributed by atoms with Crippen LogP contribution in [0.15, 0.2) is 12.2 Å². The molecule has 2 unspecified atom stereocenters. The fraction of sp³-hybridized carbons (Fsp3) is 0.667. The number of rotatable bonds is 1. The van der Waals surface area contributed by atoms with E-state index in [4.69, 9.17) is 0 Å². The van der Waals surface area contributed by atoms with Crippen molar-refractivity contribution < 1.29 is 9.59 Å². The van der Waals surface area contributed by atoms with Crippen LogP contribution < -0.4 is 0 Å². The number of hydrogen-bond acceptors (Lipinski definition) is 2. The van der Waals surface area contributed by atoms with Crippen molar-refractivity contribution in [1.29, 1.82) is 0 Å². The minimum Gasteiger partial charge on any atom is -0.299 e. The standard InChI is InChI=1S/C12H16O2/c1-8-6-10-4-3-5-12(7-8,9(2)13)11(10)14/h10H,1,3-7H2,2H3. The second-order valence-corrected chi connectivity index (χ2v) is 4.72. The molecule has 0 radical (unpaired) electrons. The van der Waals surface area contributed by atoms with Crippen LogP contribution in [0.1, 0.15) is 39.0 Å². The summed E-state index contributed by atoms with van der Waals surface area (Å²) in [5.74, 6) is 0.339. The highest BCUT2D eigenvalue weighted by atomic mass is 16.2. The predicted molar refractivity (Wildman–Crippen MR) is 53.8 cm³/mol. The molecule has 0 spiro atoms.